The van der Waals surface area contributed by atoms with E-state index in [1.807, 2.05) is 0 Å². The predicted molar refractivity (Wildman–Crippen MR) is 103 cm³/mol. The number of carbonyl (C=O) groups excluding carboxylic acids is 3. The molecule has 2 aliphatic rings. The predicted octanol–water partition coefficient (Wildman–Crippen LogP) is 2.42. The average Bonchev–Trinajstić information content (AvgIpc) is 3.49. The Balaban J connectivity index is 1.59. The number of nitrogens with one attached hydrogen (secondary N) is 1. The number of sulfonamides is 1. The van der Waals surface area contributed by atoms with E-state index in [9.17, 15) is 22.8 Å². The molecular weight excluding hydrogens is 396 g/mol. The molecule has 29 heavy (non-hydrogen) atoms. The minimum atomic E-state index is -3.94. The SMILES string of the molecule is CCOC(=O)c1cccc(NC(=O)c2ccc3c(c2)S(=O)(=O)N(C2CC2)C3=O)c1. The lowest BCUT2D eigenvalue weighted by Crippen LogP contribution is -2.31. The first-order valence-corrected chi connectivity index (χ1v) is 10.6. The number of rotatable bonds is 5. The van der Waals surface area contributed by atoms with Crippen LogP contribution in [0.3, 0.4) is 0 Å². The second kappa shape index (κ2) is 7.00. The summed E-state index contributed by atoms with van der Waals surface area (Å²) in [5.41, 5.74) is 0.823. The highest BCUT2D eigenvalue weighted by Crippen LogP contribution is 2.39. The lowest BCUT2D eigenvalue weighted by atomic mass is 10.1. The van der Waals surface area contributed by atoms with Gasteiger partial charge in [0.15, 0.2) is 0 Å². The van der Waals surface area contributed by atoms with Crippen molar-refractivity contribution < 1.29 is 27.5 Å². The van der Waals surface area contributed by atoms with Crippen LogP contribution in [0.25, 0.3) is 0 Å². The van der Waals surface area contributed by atoms with E-state index in [2.05, 4.69) is 5.32 Å². The molecule has 2 amide bonds. The van der Waals surface area contributed by atoms with Crippen LogP contribution in [0.4, 0.5) is 5.69 Å². The molecule has 150 valence electrons. The minimum Gasteiger partial charge on any atom is -0.462 e. The summed E-state index contributed by atoms with van der Waals surface area (Å²) < 4.78 is 31.3. The smallest absolute Gasteiger partial charge is 0.338 e. The van der Waals surface area contributed by atoms with Gasteiger partial charge < -0.3 is 10.1 Å². The van der Waals surface area contributed by atoms with Gasteiger partial charge in [-0.05, 0) is 56.2 Å². The van der Waals surface area contributed by atoms with Gasteiger partial charge in [-0.2, -0.15) is 0 Å². The quantitative estimate of drug-likeness (QED) is 0.753. The summed E-state index contributed by atoms with van der Waals surface area (Å²) in [6.45, 7) is 1.93. The second-order valence-corrected chi connectivity index (χ2v) is 8.59. The highest BCUT2D eigenvalue weighted by atomic mass is 32.2. The standard InChI is InChI=1S/C20H18N2O6S/c1-2-28-20(25)13-4-3-5-14(10-13)21-18(23)12-6-9-16-17(11-12)29(26,27)22(19(16)24)15-7-8-15/h3-6,9-11,15H,2,7-8H2,1H3,(H,21,23). The monoisotopic (exact) mass is 414 g/mol. The van der Waals surface area contributed by atoms with E-state index < -0.39 is 27.8 Å². The third-order valence-electron chi connectivity index (χ3n) is 4.72. The van der Waals surface area contributed by atoms with E-state index in [1.165, 1.54) is 24.3 Å². The zero-order valence-corrected chi connectivity index (χ0v) is 16.4. The van der Waals surface area contributed by atoms with E-state index in [-0.39, 0.29) is 34.2 Å². The van der Waals surface area contributed by atoms with Crippen LogP contribution in [0.1, 0.15) is 50.8 Å². The maximum absolute atomic E-state index is 12.7. The Morgan fingerprint density at radius 2 is 1.90 bits per heavy atom. The average molecular weight is 414 g/mol. The molecule has 8 nitrogen and oxygen atoms in total. The fourth-order valence-corrected chi connectivity index (χ4v) is 5.04. The van der Waals surface area contributed by atoms with E-state index in [0.29, 0.717) is 18.5 Å². The lowest BCUT2D eigenvalue weighted by molar-refractivity contribution is 0.0526. The molecule has 0 atom stereocenters. The van der Waals surface area contributed by atoms with E-state index in [1.54, 1.807) is 25.1 Å². The van der Waals surface area contributed by atoms with Crippen molar-refractivity contribution in [1.29, 1.82) is 0 Å². The molecule has 0 unspecified atom stereocenters. The first-order chi connectivity index (χ1) is 13.8. The van der Waals surface area contributed by atoms with Gasteiger partial charge in [0.05, 0.1) is 17.7 Å². The van der Waals surface area contributed by atoms with Crippen LogP contribution in [0.5, 0.6) is 0 Å². The van der Waals surface area contributed by atoms with Crippen LogP contribution in [0.2, 0.25) is 0 Å². The number of hydrogen-bond donors (Lipinski definition) is 1. The van der Waals surface area contributed by atoms with Crippen LogP contribution in [0.15, 0.2) is 47.4 Å². The number of amides is 2. The first-order valence-electron chi connectivity index (χ1n) is 9.14. The molecule has 1 fully saturated rings. The third-order valence-corrected chi connectivity index (χ3v) is 6.60. The number of carbonyl (C=O) groups is 3. The summed E-state index contributed by atoms with van der Waals surface area (Å²) >= 11 is 0. The zero-order chi connectivity index (χ0) is 20.8. The largest absolute Gasteiger partial charge is 0.462 e. The second-order valence-electron chi connectivity index (χ2n) is 6.80. The summed E-state index contributed by atoms with van der Waals surface area (Å²) in [5.74, 6) is -1.61. The van der Waals surface area contributed by atoms with Crippen molar-refractivity contribution in [2.24, 2.45) is 0 Å². The molecule has 9 heteroatoms. The maximum Gasteiger partial charge on any atom is 0.338 e. The molecule has 0 aromatic heterocycles. The summed E-state index contributed by atoms with van der Waals surface area (Å²) in [5, 5.41) is 2.63. The van der Waals surface area contributed by atoms with Crippen LogP contribution in [-0.2, 0) is 14.8 Å². The molecule has 2 aromatic carbocycles. The highest BCUT2D eigenvalue weighted by molar-refractivity contribution is 7.90. The van der Waals surface area contributed by atoms with Crippen molar-refractivity contribution in [1.82, 2.24) is 4.31 Å². The number of nitrogens with zero attached hydrogens (tertiary/aromatic N) is 1. The molecule has 0 radical (unpaired) electrons. The van der Waals surface area contributed by atoms with Gasteiger partial charge in [0.1, 0.15) is 4.90 Å². The highest BCUT2D eigenvalue weighted by Gasteiger charge is 2.48. The number of anilines is 1. The van der Waals surface area contributed by atoms with Crippen LogP contribution in [-0.4, -0.2) is 43.2 Å². The fourth-order valence-electron chi connectivity index (χ4n) is 3.20. The molecule has 1 aliphatic carbocycles. The Bertz CT molecular complexity index is 1140. The molecule has 1 saturated carbocycles. The molecule has 0 saturated heterocycles. The van der Waals surface area contributed by atoms with Gasteiger partial charge in [0, 0.05) is 17.3 Å². The van der Waals surface area contributed by atoms with Gasteiger partial charge in [0.2, 0.25) is 0 Å². The Morgan fingerprint density at radius 3 is 2.59 bits per heavy atom. The molecule has 0 spiro atoms. The fraction of sp³-hybridized carbons (Fsp3) is 0.250. The van der Waals surface area contributed by atoms with Crippen molar-refractivity contribution in [3.05, 3.63) is 59.2 Å². The van der Waals surface area contributed by atoms with E-state index >= 15 is 0 Å². The van der Waals surface area contributed by atoms with Crippen molar-refractivity contribution in [3.8, 4) is 0 Å². The Kier molecular flexibility index (Phi) is 4.62. The number of fused-ring (bicyclic) bond motifs is 1. The van der Waals surface area contributed by atoms with Gasteiger partial charge in [-0.25, -0.2) is 17.5 Å². The molecule has 1 aliphatic heterocycles. The van der Waals surface area contributed by atoms with Crippen LogP contribution < -0.4 is 5.32 Å². The number of benzene rings is 2. The Hall–Kier alpha value is -3.20. The van der Waals surface area contributed by atoms with E-state index in [0.717, 1.165) is 4.31 Å². The van der Waals surface area contributed by atoms with Crippen molar-refractivity contribution in [3.63, 3.8) is 0 Å². The first kappa shape index (κ1) is 19.1. The number of hydrogen-bond acceptors (Lipinski definition) is 6. The van der Waals surface area contributed by atoms with Crippen LogP contribution in [0, 0.1) is 0 Å². The molecule has 0 bridgehead atoms. The van der Waals surface area contributed by atoms with Gasteiger partial charge in [-0.3, -0.25) is 9.59 Å². The topological polar surface area (TPSA) is 110 Å². The molecular formula is C20H18N2O6S. The normalized spacial score (nSPS) is 17.0. The molecule has 1 N–H and O–H groups in total. The Labute approximate surface area is 167 Å². The Morgan fingerprint density at radius 1 is 1.14 bits per heavy atom. The van der Waals surface area contributed by atoms with Crippen molar-refractivity contribution in [2.45, 2.75) is 30.7 Å². The summed E-state index contributed by atoms with van der Waals surface area (Å²) in [7, 11) is -3.94. The molecule has 2 aromatic rings. The zero-order valence-electron chi connectivity index (χ0n) is 15.5. The third kappa shape index (κ3) is 3.38. The van der Waals surface area contributed by atoms with Crippen molar-refractivity contribution >= 4 is 33.5 Å². The summed E-state index contributed by atoms with van der Waals surface area (Å²) in [6, 6.07) is 9.93. The van der Waals surface area contributed by atoms with E-state index in [4.69, 9.17) is 4.74 Å². The van der Waals surface area contributed by atoms with Crippen molar-refractivity contribution in [2.75, 3.05) is 11.9 Å². The summed E-state index contributed by atoms with van der Waals surface area (Å²) in [4.78, 5) is 36.7. The maximum atomic E-state index is 12.7. The molecule has 4 rings (SSSR count). The minimum absolute atomic E-state index is 0.0813. The van der Waals surface area contributed by atoms with Gasteiger partial charge >= 0.3 is 5.97 Å². The number of esters is 1. The van der Waals surface area contributed by atoms with Gasteiger partial charge in [-0.15, -0.1) is 0 Å². The summed E-state index contributed by atoms with van der Waals surface area (Å²) in [6.07, 6.45) is 1.31. The molecule has 1 heterocycles. The van der Waals surface area contributed by atoms with Gasteiger partial charge in [0.25, 0.3) is 21.8 Å². The van der Waals surface area contributed by atoms with Gasteiger partial charge in [-0.1, -0.05) is 6.07 Å². The van der Waals surface area contributed by atoms with Crippen LogP contribution >= 0.6 is 0 Å². The number of ether oxygens (including phenoxy) is 1. The lowest BCUT2D eigenvalue weighted by Gasteiger charge is -2.13.